The summed E-state index contributed by atoms with van der Waals surface area (Å²) in [4.78, 5) is 0. The van der Waals surface area contributed by atoms with E-state index in [1.807, 2.05) is 0 Å². The van der Waals surface area contributed by atoms with Gasteiger partial charge < -0.3 is 42.6 Å². The van der Waals surface area contributed by atoms with Gasteiger partial charge in [-0.1, -0.05) is 95.7 Å². The minimum atomic E-state index is -1.66. The van der Waals surface area contributed by atoms with Gasteiger partial charge >= 0.3 is 0 Å². The van der Waals surface area contributed by atoms with Gasteiger partial charge in [-0.25, -0.2) is 79.0 Å². The summed E-state index contributed by atoms with van der Waals surface area (Å²) in [6.45, 7) is 7.46. The third-order valence-corrected chi connectivity index (χ3v) is 17.8. The Labute approximate surface area is 610 Å². The number of hydrogen-bond acceptors (Lipinski definition) is 9. The lowest BCUT2D eigenvalue weighted by Crippen LogP contribution is -2.27. The number of unbranched alkanes of at least 4 members (excludes halogenated alkanes) is 3. The van der Waals surface area contributed by atoms with Crippen LogP contribution in [0.4, 0.5) is 79.0 Å². The second-order valence-corrected chi connectivity index (χ2v) is 26.0. The van der Waals surface area contributed by atoms with E-state index in [0.717, 1.165) is 94.2 Å². The summed E-state index contributed by atoms with van der Waals surface area (Å²) in [5.74, 6) is -24.3. The molecule has 3 aliphatic heterocycles. The Bertz CT molecular complexity index is 4440. The minimum Gasteiger partial charge on any atom is -0.483 e. The van der Waals surface area contributed by atoms with Crippen molar-refractivity contribution >= 4 is 0 Å². The predicted octanol–water partition coefficient (Wildman–Crippen LogP) is 22.9. The lowest BCUT2D eigenvalue weighted by Gasteiger charge is -2.29. The average Bonchev–Trinajstić information content (AvgIpc) is 0.803. The topological polar surface area (TPSA) is 83.1 Å². The summed E-state index contributed by atoms with van der Waals surface area (Å²) < 4.78 is 301. The molecule has 0 atom stereocenters. The molecule has 27 heteroatoms. The minimum absolute atomic E-state index is 0.0518. The van der Waals surface area contributed by atoms with Crippen molar-refractivity contribution in [1.82, 2.24) is 0 Å². The lowest BCUT2D eigenvalue weighted by molar-refractivity contribution is -0.206. The molecule has 0 radical (unpaired) electrons. The zero-order valence-corrected chi connectivity index (χ0v) is 58.3. The molecule has 3 heterocycles. The van der Waals surface area contributed by atoms with Crippen LogP contribution in [0.25, 0.3) is 33.4 Å². The zero-order chi connectivity index (χ0) is 77.5. The first-order valence-corrected chi connectivity index (χ1v) is 34.6. The van der Waals surface area contributed by atoms with Gasteiger partial charge in [-0.05, 0) is 144 Å². The third-order valence-electron chi connectivity index (χ3n) is 17.8. The van der Waals surface area contributed by atoms with E-state index in [-0.39, 0.29) is 61.9 Å². The quantitative estimate of drug-likeness (QED) is 0.0334. The van der Waals surface area contributed by atoms with Gasteiger partial charge in [0.05, 0.1) is 39.6 Å². The molecule has 3 saturated heterocycles. The van der Waals surface area contributed by atoms with Gasteiger partial charge in [0.15, 0.2) is 123 Å². The molecule has 12 rings (SSSR count). The number of ether oxygens (including phenoxy) is 9. The Hall–Kier alpha value is -9.12. The maximum atomic E-state index is 14.9. The van der Waals surface area contributed by atoms with Crippen LogP contribution in [0.5, 0.6) is 17.2 Å². The van der Waals surface area contributed by atoms with Crippen molar-refractivity contribution in [2.45, 2.75) is 117 Å². The number of halogens is 18. The van der Waals surface area contributed by atoms with Gasteiger partial charge in [0, 0.05) is 51.1 Å². The Kier molecular flexibility index (Phi) is 28.5. The van der Waals surface area contributed by atoms with Gasteiger partial charge in [-0.2, -0.15) is 0 Å². The van der Waals surface area contributed by atoms with Crippen LogP contribution in [0.2, 0.25) is 0 Å². The second kappa shape index (κ2) is 37.8. The zero-order valence-electron chi connectivity index (χ0n) is 58.3. The van der Waals surface area contributed by atoms with Crippen molar-refractivity contribution < 1.29 is 122 Å². The van der Waals surface area contributed by atoms with Crippen LogP contribution in [0.15, 0.2) is 127 Å². The van der Waals surface area contributed by atoms with Crippen molar-refractivity contribution in [3.8, 4) is 50.6 Å². The molecule has 9 aromatic carbocycles. The molecule has 0 saturated carbocycles. The van der Waals surface area contributed by atoms with E-state index in [4.69, 9.17) is 42.6 Å². The molecule has 0 N–H and O–H groups in total. The highest BCUT2D eigenvalue weighted by Gasteiger charge is 2.30. The monoisotopic (exact) mass is 1530 g/mol. The highest BCUT2D eigenvalue weighted by molar-refractivity contribution is 5.68. The maximum absolute atomic E-state index is 14.9. The van der Waals surface area contributed by atoms with Gasteiger partial charge in [0.2, 0.25) is 0 Å². The fourth-order valence-corrected chi connectivity index (χ4v) is 12.1. The predicted molar refractivity (Wildman–Crippen MR) is 360 cm³/mol. The molecule has 3 fully saturated rings. The van der Waals surface area contributed by atoms with E-state index in [1.165, 1.54) is 36.4 Å². The van der Waals surface area contributed by atoms with E-state index < -0.39 is 161 Å². The van der Waals surface area contributed by atoms with Crippen LogP contribution in [0.1, 0.15) is 131 Å². The normalized spacial score (nSPS) is 17.9. The van der Waals surface area contributed by atoms with E-state index >= 15 is 0 Å². The highest BCUT2D eigenvalue weighted by atomic mass is 19.2. The molecular weight excluding hydrogens is 1460 g/mol. The molecular formula is C81H72F18O9. The number of rotatable bonds is 24. The first-order chi connectivity index (χ1) is 51.8. The first kappa shape index (κ1) is 81.4. The van der Waals surface area contributed by atoms with E-state index in [9.17, 15) is 79.0 Å². The smallest absolute Gasteiger partial charge is 0.194 e. The first-order valence-electron chi connectivity index (χ1n) is 34.6. The van der Waals surface area contributed by atoms with Crippen LogP contribution in [-0.4, -0.2) is 39.6 Å². The Morgan fingerprint density at radius 2 is 0.519 bits per heavy atom. The van der Waals surface area contributed by atoms with Gasteiger partial charge in [0.1, 0.15) is 37.3 Å². The summed E-state index contributed by atoms with van der Waals surface area (Å²) in [6, 6.07) is 21.6. The van der Waals surface area contributed by atoms with E-state index in [1.54, 1.807) is 18.2 Å². The van der Waals surface area contributed by atoms with Crippen molar-refractivity contribution in [1.29, 1.82) is 0 Å². The lowest BCUT2D eigenvalue weighted by atomic mass is 10.0. The molecule has 3 aliphatic rings. The Morgan fingerprint density at radius 1 is 0.269 bits per heavy atom. The fraction of sp³-hybridized carbons (Fsp3) is 0.333. The third kappa shape index (κ3) is 20.8. The molecule has 0 aromatic heterocycles. The summed E-state index contributed by atoms with van der Waals surface area (Å²) in [5.41, 5.74) is 0.450. The molecule has 576 valence electrons. The molecule has 0 amide bonds. The van der Waals surface area contributed by atoms with Crippen LogP contribution in [-0.2, 0) is 48.2 Å². The summed E-state index contributed by atoms with van der Waals surface area (Å²) in [6.07, 6.45) is 7.32. The largest absolute Gasteiger partial charge is 0.483 e. The van der Waals surface area contributed by atoms with Gasteiger partial charge in [0.25, 0.3) is 0 Å². The Morgan fingerprint density at radius 3 is 0.759 bits per heavy atom. The Balaban J connectivity index is 0.000000173. The molecule has 9 aromatic rings. The van der Waals surface area contributed by atoms with Crippen molar-refractivity contribution in [3.05, 3.63) is 265 Å². The van der Waals surface area contributed by atoms with E-state index in [0.29, 0.717) is 98.6 Å². The summed E-state index contributed by atoms with van der Waals surface area (Å²) in [5, 5.41) is 0. The molecule has 0 spiro atoms. The average molecular weight is 1530 g/mol. The van der Waals surface area contributed by atoms with Crippen LogP contribution >= 0.6 is 0 Å². The molecule has 0 unspecified atom stereocenters. The SMILES string of the molecule is CCCC1COC(c2ccc(-c3cc(F)c(OCc4cc(F)c(F)c(F)c4)c(F)c3)c(F)c2)OC1.CCCCC1COC(c2ccc(-c3cc(F)c(OCc4cc(F)c(F)c(F)c4)c(F)c3)c(F)c2)OC1.CCCCCC1COC(c2ccc(-c3cc(F)c(OCc4cc(F)c(F)c(F)c4)c(F)c3)c(F)c2)OC1. The number of benzene rings is 9. The summed E-state index contributed by atoms with van der Waals surface area (Å²) >= 11 is 0. The van der Waals surface area contributed by atoms with Crippen molar-refractivity contribution in [2.24, 2.45) is 17.8 Å². The summed E-state index contributed by atoms with van der Waals surface area (Å²) in [7, 11) is 0. The van der Waals surface area contributed by atoms with Crippen molar-refractivity contribution in [3.63, 3.8) is 0 Å². The fourth-order valence-electron chi connectivity index (χ4n) is 12.1. The van der Waals surface area contributed by atoms with Crippen LogP contribution < -0.4 is 14.2 Å². The van der Waals surface area contributed by atoms with Crippen LogP contribution in [0.3, 0.4) is 0 Å². The number of hydrogen-bond donors (Lipinski definition) is 0. The second-order valence-electron chi connectivity index (χ2n) is 26.0. The standard InChI is InChI=1S/C28H26F6O3.C27H24F6O3.C26H22F6O3/c1-2-3-4-5-16-13-36-28(37-14-16)18-6-7-20(21(29)10-18)19-11-24(32)27(25(33)12-19)35-15-17-8-22(30)26(34)23(31)9-17;1-2-3-4-15-12-35-27(36-13-15)17-5-6-19(20(28)9-17)18-10-23(31)26(24(32)11-18)34-14-16-7-21(29)25(33)22(30)8-16;1-2-3-14-11-34-26(35-12-14)16-4-5-18(19(27)8-16)17-9-22(30)25(23(31)10-17)33-13-15-6-20(28)24(32)21(29)7-15/h6-12,16,28H,2-5,13-15H2,1H3;5-11,15,27H,2-4,12-14H2,1H3;4-10,14,26H,2-3,11-13H2,1H3. The van der Waals surface area contributed by atoms with Gasteiger partial charge in [-0.3, -0.25) is 0 Å². The van der Waals surface area contributed by atoms with Crippen molar-refractivity contribution in [2.75, 3.05) is 39.6 Å². The molecule has 9 nitrogen and oxygen atoms in total. The van der Waals surface area contributed by atoms with E-state index in [2.05, 4.69) is 20.8 Å². The molecule has 108 heavy (non-hydrogen) atoms. The molecule has 0 bridgehead atoms. The maximum Gasteiger partial charge on any atom is 0.194 e. The molecule has 0 aliphatic carbocycles. The van der Waals surface area contributed by atoms with Crippen LogP contribution in [0, 0.1) is 122 Å². The highest BCUT2D eigenvalue weighted by Crippen LogP contribution is 2.39. The van der Waals surface area contributed by atoms with Gasteiger partial charge in [-0.15, -0.1) is 0 Å².